The predicted molar refractivity (Wildman–Crippen MR) is 62.4 cm³/mol. The first kappa shape index (κ1) is 14.0. The monoisotopic (exact) mass is 283 g/mol. The summed E-state index contributed by atoms with van der Waals surface area (Å²) >= 11 is 1.58. The first-order valence-corrected chi connectivity index (χ1v) is 7.02. The van der Waals surface area contributed by atoms with Crippen LogP contribution in [0.2, 0.25) is 0 Å². The molecule has 1 saturated carbocycles. The molecule has 3 nitrogen and oxygen atoms in total. The molecule has 1 atom stereocenters. The number of hydrogen-bond acceptors (Lipinski definition) is 3. The van der Waals surface area contributed by atoms with Crippen molar-refractivity contribution in [2.24, 2.45) is 5.92 Å². The molecule has 1 unspecified atom stereocenters. The van der Waals surface area contributed by atoms with Crippen molar-refractivity contribution in [1.29, 1.82) is 0 Å². The predicted octanol–water partition coefficient (Wildman–Crippen LogP) is 2.61. The van der Waals surface area contributed by atoms with Gasteiger partial charge in [-0.25, -0.2) is 0 Å². The number of carboxylic acids is 1. The minimum atomic E-state index is -4.12. The fourth-order valence-electron chi connectivity index (χ4n) is 2.69. The lowest BCUT2D eigenvalue weighted by molar-refractivity contribution is -0.183. The van der Waals surface area contributed by atoms with E-state index in [-0.39, 0.29) is 12.8 Å². The highest BCUT2D eigenvalue weighted by Crippen LogP contribution is 2.47. The van der Waals surface area contributed by atoms with Crippen LogP contribution in [0.15, 0.2) is 0 Å². The average molecular weight is 283 g/mol. The number of halogens is 3. The molecule has 1 saturated heterocycles. The third-order valence-electron chi connectivity index (χ3n) is 3.78. The van der Waals surface area contributed by atoms with Crippen molar-refractivity contribution in [2.75, 3.05) is 5.75 Å². The van der Waals surface area contributed by atoms with Crippen molar-refractivity contribution in [3.05, 3.63) is 0 Å². The lowest BCUT2D eigenvalue weighted by Gasteiger charge is -2.45. The van der Waals surface area contributed by atoms with Gasteiger partial charge >= 0.3 is 12.1 Å². The Morgan fingerprint density at radius 3 is 2.39 bits per heavy atom. The van der Waals surface area contributed by atoms with E-state index in [2.05, 4.69) is 5.32 Å². The van der Waals surface area contributed by atoms with Crippen molar-refractivity contribution in [2.45, 2.75) is 49.2 Å². The third kappa shape index (κ3) is 2.93. The van der Waals surface area contributed by atoms with E-state index in [0.29, 0.717) is 25.0 Å². The second-order valence-corrected chi connectivity index (χ2v) is 6.46. The summed E-state index contributed by atoms with van der Waals surface area (Å²) in [6.07, 6.45) is -2.61. The lowest BCUT2D eigenvalue weighted by Crippen LogP contribution is -2.56. The molecule has 1 aliphatic heterocycles. The van der Waals surface area contributed by atoms with Crippen LogP contribution < -0.4 is 5.32 Å². The largest absolute Gasteiger partial charge is 0.480 e. The van der Waals surface area contributed by atoms with E-state index in [1.807, 2.05) is 0 Å². The van der Waals surface area contributed by atoms with Crippen LogP contribution in [0, 0.1) is 5.92 Å². The van der Waals surface area contributed by atoms with Crippen molar-refractivity contribution in [3.63, 3.8) is 0 Å². The lowest BCUT2D eigenvalue weighted by atomic mass is 9.84. The summed E-state index contributed by atoms with van der Waals surface area (Å²) in [4.78, 5) is 10.5. The van der Waals surface area contributed by atoms with E-state index in [0.717, 1.165) is 0 Å². The van der Waals surface area contributed by atoms with Gasteiger partial charge in [0.15, 0.2) is 0 Å². The number of carboxylic acid groups (broad SMARTS) is 1. The molecule has 7 heteroatoms. The Balaban J connectivity index is 1.97. The number of rotatable bonds is 1. The van der Waals surface area contributed by atoms with Crippen LogP contribution in [0.3, 0.4) is 0 Å². The molecule has 2 N–H and O–H groups in total. The molecular weight excluding hydrogens is 267 g/mol. The number of aliphatic carboxylic acids is 1. The molecule has 0 aromatic carbocycles. The van der Waals surface area contributed by atoms with Gasteiger partial charge in [-0.15, -0.1) is 11.8 Å². The molecule has 2 fully saturated rings. The van der Waals surface area contributed by atoms with Crippen molar-refractivity contribution < 1.29 is 23.1 Å². The Bertz CT molecular complexity index is 327. The molecule has 104 valence electrons. The third-order valence-corrected chi connectivity index (χ3v) is 5.29. The number of thioether (sulfide) groups is 1. The molecule has 18 heavy (non-hydrogen) atoms. The van der Waals surface area contributed by atoms with Crippen LogP contribution in [0.25, 0.3) is 0 Å². The van der Waals surface area contributed by atoms with Gasteiger partial charge in [-0.05, 0) is 37.9 Å². The second-order valence-electron chi connectivity index (χ2n) is 4.98. The minimum absolute atomic E-state index is 0.0931. The van der Waals surface area contributed by atoms with Gasteiger partial charge in [0.05, 0.1) is 10.8 Å². The summed E-state index contributed by atoms with van der Waals surface area (Å²) < 4.78 is 37.7. The molecule has 2 rings (SSSR count). The average Bonchev–Trinajstić information content (AvgIpc) is 2.28. The van der Waals surface area contributed by atoms with Gasteiger partial charge in [-0.2, -0.15) is 13.2 Å². The molecular formula is C11H16F3NO2S. The van der Waals surface area contributed by atoms with Gasteiger partial charge in [0, 0.05) is 0 Å². The molecule has 0 radical (unpaired) electrons. The van der Waals surface area contributed by atoms with Crippen molar-refractivity contribution in [1.82, 2.24) is 5.32 Å². The highest BCUT2D eigenvalue weighted by atomic mass is 32.2. The van der Waals surface area contributed by atoms with E-state index < -0.39 is 29.0 Å². The maximum atomic E-state index is 12.6. The Labute approximate surface area is 108 Å². The van der Waals surface area contributed by atoms with Crippen LogP contribution in [-0.4, -0.2) is 33.9 Å². The molecule has 0 aromatic heterocycles. The van der Waals surface area contributed by atoms with E-state index in [1.54, 1.807) is 11.8 Å². The van der Waals surface area contributed by atoms with E-state index >= 15 is 0 Å². The summed E-state index contributed by atoms with van der Waals surface area (Å²) in [7, 11) is 0. The van der Waals surface area contributed by atoms with Crippen LogP contribution in [0.5, 0.6) is 0 Å². The number of nitrogens with one attached hydrogen (secondary N) is 1. The fourth-order valence-corrected chi connectivity index (χ4v) is 4.18. The van der Waals surface area contributed by atoms with Gasteiger partial charge in [0.2, 0.25) is 0 Å². The normalized spacial score (nSPS) is 37.7. The smallest absolute Gasteiger partial charge is 0.391 e. The van der Waals surface area contributed by atoms with Gasteiger partial charge in [-0.3, -0.25) is 10.1 Å². The van der Waals surface area contributed by atoms with Crippen LogP contribution in [0.1, 0.15) is 32.1 Å². The number of hydrogen-bond donors (Lipinski definition) is 2. The zero-order valence-corrected chi connectivity index (χ0v) is 10.6. The Morgan fingerprint density at radius 1 is 1.28 bits per heavy atom. The number of carbonyl (C=O) groups is 1. The maximum Gasteiger partial charge on any atom is 0.391 e. The summed E-state index contributed by atoms with van der Waals surface area (Å²) in [6, 6.07) is -0.617. The molecule has 1 aliphatic carbocycles. The first-order chi connectivity index (χ1) is 8.32. The van der Waals surface area contributed by atoms with Crippen LogP contribution >= 0.6 is 11.8 Å². The topological polar surface area (TPSA) is 49.3 Å². The number of alkyl halides is 3. The summed E-state index contributed by atoms with van der Waals surface area (Å²) in [5.74, 6) is -1.44. The van der Waals surface area contributed by atoms with Crippen molar-refractivity contribution in [3.8, 4) is 0 Å². The van der Waals surface area contributed by atoms with Crippen LogP contribution in [-0.2, 0) is 4.79 Å². The zero-order chi connectivity index (χ0) is 13.4. The van der Waals surface area contributed by atoms with Gasteiger partial charge < -0.3 is 5.11 Å². The summed E-state index contributed by atoms with van der Waals surface area (Å²) in [5.41, 5.74) is 0. The molecule has 1 heterocycles. The van der Waals surface area contributed by atoms with E-state index in [9.17, 15) is 18.0 Å². The molecule has 1 spiro atoms. The van der Waals surface area contributed by atoms with Gasteiger partial charge in [-0.1, -0.05) is 0 Å². The second kappa shape index (κ2) is 4.92. The summed E-state index contributed by atoms with van der Waals surface area (Å²) in [6.45, 7) is 0. The Kier molecular flexibility index (Phi) is 3.82. The molecule has 2 aliphatic rings. The van der Waals surface area contributed by atoms with Gasteiger partial charge in [0.25, 0.3) is 0 Å². The first-order valence-electron chi connectivity index (χ1n) is 6.04. The fraction of sp³-hybridized carbons (Fsp3) is 0.909. The van der Waals surface area contributed by atoms with E-state index in [1.165, 1.54) is 0 Å². The molecule has 0 aromatic rings. The maximum absolute atomic E-state index is 12.6. The molecule has 0 bridgehead atoms. The highest BCUT2D eigenvalue weighted by Gasteiger charge is 2.48. The van der Waals surface area contributed by atoms with E-state index in [4.69, 9.17) is 5.11 Å². The SMILES string of the molecule is O=C(O)C1CCSC2(CCC(C(F)(F)F)CC2)N1. The zero-order valence-electron chi connectivity index (χ0n) is 9.79. The van der Waals surface area contributed by atoms with Gasteiger partial charge in [0.1, 0.15) is 6.04 Å². The summed E-state index contributed by atoms with van der Waals surface area (Å²) in [5, 5.41) is 12.0. The van der Waals surface area contributed by atoms with Crippen LogP contribution in [0.4, 0.5) is 13.2 Å². The highest BCUT2D eigenvalue weighted by molar-refractivity contribution is 8.00. The Hall–Kier alpha value is -0.430. The quantitative estimate of drug-likeness (QED) is 0.776. The Morgan fingerprint density at radius 2 is 1.89 bits per heavy atom. The standard InChI is InChI=1S/C11H16F3NO2S/c12-11(13,14)7-1-4-10(5-2-7)15-8(9(16)17)3-6-18-10/h7-8,15H,1-6H2,(H,16,17). The molecule has 0 amide bonds. The minimum Gasteiger partial charge on any atom is -0.480 e. The van der Waals surface area contributed by atoms with Crippen molar-refractivity contribution >= 4 is 17.7 Å².